The number of hydrogen-bond donors (Lipinski definition) is 1. The number of anilines is 1. The van der Waals surface area contributed by atoms with Gasteiger partial charge in [-0.15, -0.1) is 0 Å². The highest BCUT2D eigenvalue weighted by atomic mass is 16.6. The number of methoxy groups -OCH3 is 1. The highest BCUT2D eigenvalue weighted by Gasteiger charge is 2.07. The van der Waals surface area contributed by atoms with E-state index in [0.29, 0.717) is 31.1 Å². The maximum Gasteiger partial charge on any atom is 0.339 e. The van der Waals surface area contributed by atoms with Crippen LogP contribution in [0, 0.1) is 0 Å². The summed E-state index contributed by atoms with van der Waals surface area (Å²) < 4.78 is 14.9. The van der Waals surface area contributed by atoms with Crippen LogP contribution in [0.2, 0.25) is 0 Å². The van der Waals surface area contributed by atoms with E-state index in [4.69, 9.17) is 19.9 Å². The van der Waals surface area contributed by atoms with Crippen molar-refractivity contribution in [1.82, 2.24) is 4.98 Å². The second-order valence-electron chi connectivity index (χ2n) is 3.25. The molecule has 1 aromatic heterocycles. The lowest BCUT2D eigenvalue weighted by Gasteiger charge is -2.05. The van der Waals surface area contributed by atoms with Gasteiger partial charge in [-0.05, 0) is 6.07 Å². The molecule has 2 N–H and O–H groups in total. The molecule has 94 valence electrons. The predicted molar refractivity (Wildman–Crippen MR) is 61.6 cm³/mol. The van der Waals surface area contributed by atoms with Crippen molar-refractivity contribution in [2.45, 2.75) is 0 Å². The second kappa shape index (κ2) is 7.59. The number of pyridine rings is 1. The van der Waals surface area contributed by atoms with Gasteiger partial charge in [-0.2, -0.15) is 0 Å². The average Bonchev–Trinajstić information content (AvgIpc) is 2.33. The van der Waals surface area contributed by atoms with Crippen LogP contribution in [0.15, 0.2) is 18.5 Å². The van der Waals surface area contributed by atoms with Crippen LogP contribution in [0.5, 0.6) is 0 Å². The van der Waals surface area contributed by atoms with Gasteiger partial charge in [0.1, 0.15) is 6.61 Å². The molecule has 0 saturated heterocycles. The minimum absolute atomic E-state index is 0.192. The summed E-state index contributed by atoms with van der Waals surface area (Å²) in [5.74, 6) is -0.458. The molecule has 0 aliphatic carbocycles. The fourth-order valence-corrected chi connectivity index (χ4v) is 1.09. The molecule has 0 bridgehead atoms. The van der Waals surface area contributed by atoms with E-state index in [2.05, 4.69) is 4.98 Å². The van der Waals surface area contributed by atoms with Crippen molar-refractivity contribution in [2.24, 2.45) is 0 Å². The smallest absolute Gasteiger partial charge is 0.339 e. The van der Waals surface area contributed by atoms with E-state index in [1.807, 2.05) is 0 Å². The number of ether oxygens (including phenoxy) is 3. The minimum Gasteiger partial charge on any atom is -0.460 e. The lowest BCUT2D eigenvalue weighted by Crippen LogP contribution is -2.13. The molecule has 0 spiro atoms. The standard InChI is InChI=1S/C11H16N2O4/c1-15-2-3-16-4-5-17-11(14)9-6-10(12)8-13-7-9/h6-8H,2-5,12H2,1H3. The van der Waals surface area contributed by atoms with Crippen LogP contribution >= 0.6 is 0 Å². The van der Waals surface area contributed by atoms with Crippen molar-refractivity contribution in [3.8, 4) is 0 Å². The van der Waals surface area contributed by atoms with Gasteiger partial charge in [0.2, 0.25) is 0 Å². The van der Waals surface area contributed by atoms with Crippen LogP contribution in [-0.4, -0.2) is 44.5 Å². The third-order valence-electron chi connectivity index (χ3n) is 1.89. The molecule has 6 heteroatoms. The monoisotopic (exact) mass is 240 g/mol. The Hall–Kier alpha value is -1.66. The Balaban J connectivity index is 2.21. The van der Waals surface area contributed by atoms with Crippen molar-refractivity contribution in [3.63, 3.8) is 0 Å². The zero-order valence-corrected chi connectivity index (χ0v) is 9.72. The molecular weight excluding hydrogens is 224 g/mol. The lowest BCUT2D eigenvalue weighted by molar-refractivity contribution is 0.0213. The molecule has 0 unspecified atom stereocenters. The lowest BCUT2D eigenvalue weighted by atomic mass is 10.3. The first-order valence-electron chi connectivity index (χ1n) is 5.18. The van der Waals surface area contributed by atoms with Crippen molar-refractivity contribution in [1.29, 1.82) is 0 Å². The summed E-state index contributed by atoms with van der Waals surface area (Å²) in [6, 6.07) is 1.51. The van der Waals surface area contributed by atoms with Crippen molar-refractivity contribution >= 4 is 11.7 Å². The summed E-state index contributed by atoms with van der Waals surface area (Å²) in [6.07, 6.45) is 2.87. The average molecular weight is 240 g/mol. The molecule has 0 saturated carbocycles. The molecule has 0 aromatic carbocycles. The Kier molecular flexibility index (Phi) is 5.98. The first-order chi connectivity index (χ1) is 8.24. The molecule has 0 radical (unpaired) electrons. The number of rotatable bonds is 7. The molecule has 0 aliphatic rings. The SMILES string of the molecule is COCCOCCOC(=O)c1cncc(N)c1. The molecule has 0 amide bonds. The van der Waals surface area contributed by atoms with E-state index in [1.54, 1.807) is 7.11 Å². The maximum atomic E-state index is 11.5. The van der Waals surface area contributed by atoms with Gasteiger partial charge in [-0.1, -0.05) is 0 Å². The first-order valence-corrected chi connectivity index (χ1v) is 5.18. The second-order valence-corrected chi connectivity index (χ2v) is 3.25. The van der Waals surface area contributed by atoms with Crippen LogP contribution < -0.4 is 5.73 Å². The van der Waals surface area contributed by atoms with Gasteiger partial charge in [0.15, 0.2) is 0 Å². The number of esters is 1. The van der Waals surface area contributed by atoms with Crippen LogP contribution in [0.25, 0.3) is 0 Å². The molecule has 0 fully saturated rings. The summed E-state index contributed by atoms with van der Waals surface area (Å²) >= 11 is 0. The molecule has 1 aromatic rings. The van der Waals surface area contributed by atoms with Crippen molar-refractivity contribution < 1.29 is 19.0 Å². The highest BCUT2D eigenvalue weighted by Crippen LogP contribution is 2.05. The minimum atomic E-state index is -0.458. The van der Waals surface area contributed by atoms with E-state index in [0.717, 1.165) is 0 Å². The number of hydrogen-bond acceptors (Lipinski definition) is 6. The van der Waals surface area contributed by atoms with Gasteiger partial charge in [0.05, 0.1) is 31.1 Å². The Morgan fingerprint density at radius 2 is 2.06 bits per heavy atom. The van der Waals surface area contributed by atoms with Crippen molar-refractivity contribution in [2.75, 3.05) is 39.3 Å². The van der Waals surface area contributed by atoms with Gasteiger partial charge in [-0.25, -0.2) is 4.79 Å². The van der Waals surface area contributed by atoms with Crippen LogP contribution in [-0.2, 0) is 14.2 Å². The summed E-state index contributed by atoms with van der Waals surface area (Å²) in [6.45, 7) is 1.53. The highest BCUT2D eigenvalue weighted by molar-refractivity contribution is 5.89. The number of nitrogens with two attached hydrogens (primary N) is 1. The van der Waals surface area contributed by atoms with Crippen LogP contribution in [0.4, 0.5) is 5.69 Å². The zero-order chi connectivity index (χ0) is 12.5. The number of nitrogen functional groups attached to an aromatic ring is 1. The topological polar surface area (TPSA) is 83.7 Å². The van der Waals surface area contributed by atoms with Crippen molar-refractivity contribution in [3.05, 3.63) is 24.0 Å². The predicted octanol–water partition coefficient (Wildman–Crippen LogP) is 0.484. The molecular formula is C11H16N2O4. The Bertz CT molecular complexity index is 357. The van der Waals surface area contributed by atoms with E-state index >= 15 is 0 Å². The molecule has 6 nitrogen and oxygen atoms in total. The van der Waals surface area contributed by atoms with E-state index in [-0.39, 0.29) is 6.61 Å². The van der Waals surface area contributed by atoms with Gasteiger partial charge in [0, 0.05) is 19.5 Å². The largest absolute Gasteiger partial charge is 0.460 e. The molecule has 17 heavy (non-hydrogen) atoms. The van der Waals surface area contributed by atoms with Gasteiger partial charge in [0.25, 0.3) is 0 Å². The Morgan fingerprint density at radius 1 is 1.29 bits per heavy atom. The number of carbonyl (C=O) groups is 1. The zero-order valence-electron chi connectivity index (χ0n) is 9.72. The van der Waals surface area contributed by atoms with Crippen LogP contribution in [0.3, 0.4) is 0 Å². The molecule has 0 atom stereocenters. The molecule has 1 heterocycles. The van der Waals surface area contributed by atoms with Gasteiger partial charge in [-0.3, -0.25) is 4.98 Å². The summed E-state index contributed by atoms with van der Waals surface area (Å²) in [7, 11) is 1.59. The number of carbonyl (C=O) groups excluding carboxylic acids is 1. The Labute approximate surface area is 99.7 Å². The molecule has 1 rings (SSSR count). The summed E-state index contributed by atoms with van der Waals surface area (Å²) in [5, 5.41) is 0. The third kappa shape index (κ3) is 5.28. The van der Waals surface area contributed by atoms with Gasteiger partial charge < -0.3 is 19.9 Å². The normalized spacial score (nSPS) is 10.2. The summed E-state index contributed by atoms with van der Waals surface area (Å²) in [5.41, 5.74) is 6.26. The summed E-state index contributed by atoms with van der Waals surface area (Å²) in [4.78, 5) is 15.3. The van der Waals surface area contributed by atoms with Crippen LogP contribution in [0.1, 0.15) is 10.4 Å². The maximum absolute atomic E-state index is 11.5. The third-order valence-corrected chi connectivity index (χ3v) is 1.89. The fraction of sp³-hybridized carbons (Fsp3) is 0.455. The number of nitrogens with zero attached hydrogens (tertiary/aromatic N) is 1. The van der Waals surface area contributed by atoms with E-state index in [1.165, 1.54) is 18.5 Å². The van der Waals surface area contributed by atoms with Gasteiger partial charge >= 0.3 is 5.97 Å². The van der Waals surface area contributed by atoms with E-state index < -0.39 is 5.97 Å². The van der Waals surface area contributed by atoms with E-state index in [9.17, 15) is 4.79 Å². The molecule has 0 aliphatic heterocycles. The fourth-order valence-electron chi connectivity index (χ4n) is 1.09. The first kappa shape index (κ1) is 13.4. The number of aromatic nitrogens is 1. The Morgan fingerprint density at radius 3 is 2.76 bits per heavy atom. The quantitative estimate of drug-likeness (QED) is 0.551.